The largest absolute Gasteiger partial charge is 0.440 e. The lowest BCUT2D eigenvalue weighted by atomic mass is 10.2. The molecule has 3 N–H and O–H groups in total. The van der Waals surface area contributed by atoms with E-state index in [1.54, 1.807) is 19.9 Å². The van der Waals surface area contributed by atoms with E-state index in [1.165, 1.54) is 6.20 Å². The summed E-state index contributed by atoms with van der Waals surface area (Å²) in [6, 6.07) is 1.59. The van der Waals surface area contributed by atoms with E-state index in [0.717, 1.165) is 11.6 Å². The summed E-state index contributed by atoms with van der Waals surface area (Å²) in [5.74, 6) is 4.66. The van der Waals surface area contributed by atoms with Gasteiger partial charge in [0, 0.05) is 12.5 Å². The smallest absolute Gasteiger partial charge is 0.219 e. The fraction of sp³-hybridized carbons (Fsp3) is 0.438. The molecular weight excluding hydrogens is 288 g/mol. The van der Waals surface area contributed by atoms with Crippen molar-refractivity contribution < 1.29 is 13.5 Å². The molecule has 1 aromatic heterocycles. The second-order valence-corrected chi connectivity index (χ2v) is 4.27. The summed E-state index contributed by atoms with van der Waals surface area (Å²) in [4.78, 5) is 3.98. The van der Waals surface area contributed by atoms with E-state index >= 15 is 0 Å². The molecule has 0 saturated heterocycles. The van der Waals surface area contributed by atoms with Crippen LogP contribution in [0.2, 0.25) is 0 Å². The number of alkyl halides is 1. The molecule has 0 saturated carbocycles. The molecule has 0 aromatic carbocycles. The second kappa shape index (κ2) is 10.7. The lowest BCUT2D eigenvalue weighted by Gasteiger charge is -2.13. The van der Waals surface area contributed by atoms with Crippen molar-refractivity contribution in [2.45, 2.75) is 46.7 Å². The van der Waals surface area contributed by atoms with Crippen molar-refractivity contribution >= 4 is 5.69 Å². The van der Waals surface area contributed by atoms with Gasteiger partial charge in [0.05, 0.1) is 11.9 Å². The van der Waals surface area contributed by atoms with E-state index in [-0.39, 0.29) is 24.5 Å². The predicted molar refractivity (Wildman–Crippen MR) is 86.9 cm³/mol. The molecule has 4 nitrogen and oxygen atoms in total. The molecule has 0 amide bonds. The van der Waals surface area contributed by atoms with Crippen LogP contribution in [0.1, 0.15) is 39.2 Å². The molecule has 0 aliphatic heterocycles. The number of hydrogen-bond acceptors (Lipinski definition) is 4. The second-order valence-electron chi connectivity index (χ2n) is 4.27. The molecular formula is C16H25F2N3O. The number of nitrogens with two attached hydrogens (primary N) is 1. The number of hydrogen-bond donors (Lipinski definition) is 2. The van der Waals surface area contributed by atoms with Gasteiger partial charge in [-0.2, -0.15) is 0 Å². The van der Waals surface area contributed by atoms with Crippen molar-refractivity contribution in [1.82, 2.24) is 4.98 Å². The minimum absolute atomic E-state index is 0.116. The molecule has 1 unspecified atom stereocenters. The molecule has 0 radical (unpaired) electrons. The Hall–Kier alpha value is -1.95. The summed E-state index contributed by atoms with van der Waals surface area (Å²) in [6.45, 7) is 10.8. The maximum Gasteiger partial charge on any atom is 0.219 e. The molecule has 1 atom stereocenters. The Balaban J connectivity index is 0.00000211. The summed E-state index contributed by atoms with van der Waals surface area (Å²) < 4.78 is 32.4. The first-order valence-corrected chi connectivity index (χ1v) is 7.28. The minimum atomic E-state index is -1.18. The zero-order valence-corrected chi connectivity index (χ0v) is 13.6. The van der Waals surface area contributed by atoms with Crippen molar-refractivity contribution in [1.29, 1.82) is 0 Å². The maximum atomic E-state index is 13.6. The standard InChI is InChI=1S/C14H19F2N3O.C2H6/c1-4-10(15)7-13(11(16)5-2)20-14-6-9(3)12(19-17)8-18-14;1-2/h5-6,8,10,19H,2,4,7,17H2,1,3H3;1-2H3/b13-11-;. The summed E-state index contributed by atoms with van der Waals surface area (Å²) in [5, 5.41) is 0. The van der Waals surface area contributed by atoms with Crippen LogP contribution in [0.4, 0.5) is 14.5 Å². The topological polar surface area (TPSA) is 60.2 Å². The molecule has 1 aromatic rings. The van der Waals surface area contributed by atoms with Crippen molar-refractivity contribution in [3.05, 3.63) is 42.1 Å². The average molecular weight is 313 g/mol. The van der Waals surface area contributed by atoms with Crippen molar-refractivity contribution in [3.63, 3.8) is 0 Å². The zero-order chi connectivity index (χ0) is 17.1. The number of anilines is 1. The Morgan fingerprint density at radius 3 is 2.64 bits per heavy atom. The SMILES string of the molecule is C=C/C(F)=C(\CC(F)CC)Oc1cc(C)c(NN)cn1.CC. The van der Waals surface area contributed by atoms with E-state index in [4.69, 9.17) is 10.6 Å². The van der Waals surface area contributed by atoms with Crippen LogP contribution in [-0.4, -0.2) is 11.2 Å². The third-order valence-electron chi connectivity index (χ3n) is 2.76. The van der Waals surface area contributed by atoms with E-state index in [1.807, 2.05) is 13.8 Å². The van der Waals surface area contributed by atoms with Gasteiger partial charge in [-0.3, -0.25) is 5.84 Å². The third kappa shape index (κ3) is 6.22. The summed E-state index contributed by atoms with van der Waals surface area (Å²) >= 11 is 0. The van der Waals surface area contributed by atoms with Gasteiger partial charge in [0.15, 0.2) is 5.83 Å². The van der Waals surface area contributed by atoms with Crippen LogP contribution < -0.4 is 16.0 Å². The maximum absolute atomic E-state index is 13.6. The molecule has 1 rings (SSSR count). The highest BCUT2D eigenvalue weighted by atomic mass is 19.1. The van der Waals surface area contributed by atoms with Gasteiger partial charge < -0.3 is 10.2 Å². The Morgan fingerprint density at radius 2 is 2.18 bits per heavy atom. The quantitative estimate of drug-likeness (QED) is 0.335. The van der Waals surface area contributed by atoms with Gasteiger partial charge in [-0.25, -0.2) is 13.8 Å². The summed E-state index contributed by atoms with van der Waals surface area (Å²) in [6.07, 6.45) is 1.38. The van der Waals surface area contributed by atoms with E-state index in [0.29, 0.717) is 5.69 Å². The first kappa shape index (κ1) is 20.1. The number of aromatic nitrogens is 1. The van der Waals surface area contributed by atoms with Gasteiger partial charge in [-0.1, -0.05) is 27.4 Å². The lowest BCUT2D eigenvalue weighted by molar-refractivity contribution is 0.270. The Bertz CT molecular complexity index is 504. The molecule has 0 bridgehead atoms. The van der Waals surface area contributed by atoms with Gasteiger partial charge in [0.2, 0.25) is 5.88 Å². The summed E-state index contributed by atoms with van der Waals surface area (Å²) in [5.41, 5.74) is 3.88. The van der Waals surface area contributed by atoms with Crippen molar-refractivity contribution in [2.75, 3.05) is 5.43 Å². The van der Waals surface area contributed by atoms with Crippen LogP contribution in [0.25, 0.3) is 0 Å². The van der Waals surface area contributed by atoms with Gasteiger partial charge in [-0.05, 0) is 25.0 Å². The van der Waals surface area contributed by atoms with Crippen molar-refractivity contribution in [2.24, 2.45) is 5.84 Å². The number of ether oxygens (including phenoxy) is 1. The van der Waals surface area contributed by atoms with E-state index < -0.39 is 12.0 Å². The van der Waals surface area contributed by atoms with Crippen LogP contribution in [0, 0.1) is 6.92 Å². The number of halogens is 2. The van der Waals surface area contributed by atoms with Gasteiger partial charge in [-0.15, -0.1) is 0 Å². The van der Waals surface area contributed by atoms with Crippen LogP contribution in [0.5, 0.6) is 5.88 Å². The molecule has 0 fully saturated rings. The van der Waals surface area contributed by atoms with Gasteiger partial charge in [0.25, 0.3) is 0 Å². The van der Waals surface area contributed by atoms with Gasteiger partial charge in [0.1, 0.15) is 11.9 Å². The first-order valence-electron chi connectivity index (χ1n) is 7.28. The molecule has 0 aliphatic carbocycles. The number of hydrazine groups is 1. The Labute approximate surface area is 131 Å². The lowest BCUT2D eigenvalue weighted by Crippen LogP contribution is -2.10. The molecule has 1 heterocycles. The van der Waals surface area contributed by atoms with Crippen LogP contribution in [0.3, 0.4) is 0 Å². The number of rotatable bonds is 7. The Morgan fingerprint density at radius 1 is 1.55 bits per heavy atom. The highest BCUT2D eigenvalue weighted by Crippen LogP contribution is 2.23. The van der Waals surface area contributed by atoms with Crippen molar-refractivity contribution in [3.8, 4) is 5.88 Å². The summed E-state index contributed by atoms with van der Waals surface area (Å²) in [7, 11) is 0. The average Bonchev–Trinajstić information content (AvgIpc) is 2.55. The van der Waals surface area contributed by atoms with Gasteiger partial charge >= 0.3 is 0 Å². The number of nitrogens with one attached hydrogen (secondary N) is 1. The minimum Gasteiger partial charge on any atom is -0.440 e. The monoisotopic (exact) mass is 313 g/mol. The Kier molecular flexibility index (Phi) is 9.78. The number of aryl methyl sites for hydroxylation is 1. The predicted octanol–water partition coefficient (Wildman–Crippen LogP) is 4.59. The number of pyridine rings is 1. The highest BCUT2D eigenvalue weighted by molar-refractivity contribution is 5.49. The fourth-order valence-electron chi connectivity index (χ4n) is 1.51. The third-order valence-corrected chi connectivity index (χ3v) is 2.76. The van der Waals surface area contributed by atoms with Crippen LogP contribution in [-0.2, 0) is 0 Å². The highest BCUT2D eigenvalue weighted by Gasteiger charge is 2.15. The number of nitrogens with zero attached hydrogens (tertiary/aromatic N) is 1. The van der Waals surface area contributed by atoms with E-state index in [2.05, 4.69) is 17.0 Å². The number of allylic oxidation sites excluding steroid dienone is 3. The normalized spacial score (nSPS) is 12.5. The molecule has 6 heteroatoms. The fourth-order valence-corrected chi connectivity index (χ4v) is 1.51. The zero-order valence-electron chi connectivity index (χ0n) is 13.6. The number of nitrogen functional groups attached to an aromatic ring is 1. The molecule has 22 heavy (non-hydrogen) atoms. The van der Waals surface area contributed by atoms with E-state index in [9.17, 15) is 8.78 Å². The molecule has 0 spiro atoms. The molecule has 124 valence electrons. The molecule has 0 aliphatic rings. The van der Waals surface area contributed by atoms with Crippen LogP contribution in [0.15, 0.2) is 36.5 Å². The first-order chi connectivity index (χ1) is 10.5. The van der Waals surface area contributed by atoms with Crippen LogP contribution >= 0.6 is 0 Å².